The minimum Gasteiger partial charge on any atom is -0.466 e. The predicted molar refractivity (Wildman–Crippen MR) is 81.5 cm³/mol. The largest absolute Gasteiger partial charge is 0.466 e. The molecule has 2 atom stereocenters. The summed E-state index contributed by atoms with van der Waals surface area (Å²) in [6.45, 7) is 3.79. The number of hydrogen-bond donors (Lipinski definition) is 0. The van der Waals surface area contributed by atoms with Crippen LogP contribution in [0.2, 0.25) is 0 Å². The quantitative estimate of drug-likeness (QED) is 0.433. The number of nitro groups is 1. The number of esters is 1. The highest BCUT2D eigenvalue weighted by Gasteiger charge is 2.51. The van der Waals surface area contributed by atoms with E-state index in [1.165, 1.54) is 0 Å². The summed E-state index contributed by atoms with van der Waals surface area (Å²) < 4.78 is 16.4. The monoisotopic (exact) mass is 323 g/mol. The molecule has 7 heteroatoms. The second-order valence-corrected chi connectivity index (χ2v) is 5.48. The third-order valence-electron chi connectivity index (χ3n) is 3.94. The van der Waals surface area contributed by atoms with Crippen molar-refractivity contribution in [3.63, 3.8) is 0 Å². The fourth-order valence-electron chi connectivity index (χ4n) is 2.95. The van der Waals surface area contributed by atoms with Crippen LogP contribution < -0.4 is 0 Å². The molecule has 1 heterocycles. The lowest BCUT2D eigenvalue weighted by Gasteiger charge is -2.34. The van der Waals surface area contributed by atoms with E-state index in [0.717, 1.165) is 0 Å². The van der Waals surface area contributed by atoms with Crippen LogP contribution in [0.15, 0.2) is 30.3 Å². The van der Waals surface area contributed by atoms with Crippen LogP contribution in [-0.4, -0.2) is 43.0 Å². The van der Waals surface area contributed by atoms with Gasteiger partial charge in [-0.1, -0.05) is 30.3 Å². The van der Waals surface area contributed by atoms with Gasteiger partial charge in [0.05, 0.1) is 25.7 Å². The lowest BCUT2D eigenvalue weighted by Crippen LogP contribution is -2.46. The lowest BCUT2D eigenvalue weighted by molar-refractivity contribution is -0.486. The summed E-state index contributed by atoms with van der Waals surface area (Å²) in [5.41, 5.74) is 0.683. The van der Waals surface area contributed by atoms with Crippen LogP contribution in [0.5, 0.6) is 0 Å². The summed E-state index contributed by atoms with van der Waals surface area (Å²) >= 11 is 0. The number of carbonyl (C=O) groups is 1. The van der Waals surface area contributed by atoms with E-state index >= 15 is 0 Å². The van der Waals surface area contributed by atoms with Crippen molar-refractivity contribution in [2.24, 2.45) is 5.92 Å². The van der Waals surface area contributed by atoms with Gasteiger partial charge in [-0.3, -0.25) is 14.9 Å². The SMILES string of the molecule is CCOC(=O)[C@H]([C@@H](C[N+](=O)[O-])c1ccccc1)C1(C)OCCO1. The summed E-state index contributed by atoms with van der Waals surface area (Å²) in [6, 6.07) is 8.90. The molecule has 0 amide bonds. The maximum atomic E-state index is 12.5. The van der Waals surface area contributed by atoms with E-state index in [9.17, 15) is 14.9 Å². The Balaban J connectivity index is 2.42. The predicted octanol–water partition coefficient (Wildman–Crippen LogP) is 1.99. The molecule has 2 rings (SSSR count). The van der Waals surface area contributed by atoms with Gasteiger partial charge in [0.2, 0.25) is 6.54 Å². The van der Waals surface area contributed by atoms with Crippen LogP contribution in [0.3, 0.4) is 0 Å². The van der Waals surface area contributed by atoms with Crippen LogP contribution in [0, 0.1) is 16.0 Å². The van der Waals surface area contributed by atoms with Crippen molar-refractivity contribution in [3.05, 3.63) is 46.0 Å². The van der Waals surface area contributed by atoms with Crippen LogP contribution in [0.25, 0.3) is 0 Å². The van der Waals surface area contributed by atoms with Gasteiger partial charge >= 0.3 is 5.97 Å². The van der Waals surface area contributed by atoms with Crippen LogP contribution in [-0.2, 0) is 19.0 Å². The molecule has 1 aromatic rings. The Morgan fingerprint density at radius 1 is 1.35 bits per heavy atom. The fraction of sp³-hybridized carbons (Fsp3) is 0.562. The summed E-state index contributed by atoms with van der Waals surface area (Å²) in [6.07, 6.45) is 0. The standard InChI is InChI=1S/C16H21NO6/c1-3-21-15(18)14(16(2)22-9-10-23-16)13(11-17(19)20)12-7-5-4-6-8-12/h4-8,13-14H,3,9-11H2,1-2H3/t13-,14-/m0/s1. The maximum Gasteiger partial charge on any atom is 0.315 e. The second-order valence-electron chi connectivity index (χ2n) is 5.48. The minimum atomic E-state index is -1.23. The van der Waals surface area contributed by atoms with Crippen LogP contribution in [0.4, 0.5) is 0 Å². The molecule has 1 fully saturated rings. The fourth-order valence-corrected chi connectivity index (χ4v) is 2.95. The summed E-state index contributed by atoms with van der Waals surface area (Å²) in [5.74, 6) is -3.40. The van der Waals surface area contributed by atoms with Gasteiger partial charge in [-0.2, -0.15) is 0 Å². The Labute approximate surface area is 134 Å². The van der Waals surface area contributed by atoms with Crippen molar-refractivity contribution >= 4 is 5.97 Å². The number of benzene rings is 1. The molecule has 0 bridgehead atoms. The van der Waals surface area contributed by atoms with E-state index in [1.807, 2.05) is 6.07 Å². The van der Waals surface area contributed by atoms with Crippen molar-refractivity contribution in [1.82, 2.24) is 0 Å². The molecule has 23 heavy (non-hydrogen) atoms. The van der Waals surface area contributed by atoms with E-state index in [1.54, 1.807) is 38.1 Å². The highest BCUT2D eigenvalue weighted by molar-refractivity contribution is 5.75. The first-order chi connectivity index (χ1) is 11.0. The molecule has 0 radical (unpaired) electrons. The third-order valence-corrected chi connectivity index (χ3v) is 3.94. The number of hydrogen-bond acceptors (Lipinski definition) is 6. The summed E-state index contributed by atoms with van der Waals surface area (Å²) in [7, 11) is 0. The average Bonchev–Trinajstić information content (AvgIpc) is 2.94. The molecule has 7 nitrogen and oxygen atoms in total. The Hall–Kier alpha value is -1.99. The Kier molecular flexibility index (Phi) is 5.68. The van der Waals surface area contributed by atoms with E-state index in [2.05, 4.69) is 0 Å². The van der Waals surface area contributed by atoms with Gasteiger partial charge in [0, 0.05) is 4.92 Å². The van der Waals surface area contributed by atoms with E-state index in [4.69, 9.17) is 14.2 Å². The van der Waals surface area contributed by atoms with Gasteiger partial charge in [-0.05, 0) is 19.4 Å². The van der Waals surface area contributed by atoms with Gasteiger partial charge in [-0.25, -0.2) is 0 Å². The molecule has 0 N–H and O–H groups in total. The van der Waals surface area contributed by atoms with Crippen molar-refractivity contribution < 1.29 is 23.9 Å². The number of carbonyl (C=O) groups excluding carboxylic acids is 1. The van der Waals surface area contributed by atoms with E-state index in [-0.39, 0.29) is 6.61 Å². The van der Waals surface area contributed by atoms with Crippen LogP contribution >= 0.6 is 0 Å². The molecule has 0 saturated carbocycles. The van der Waals surface area contributed by atoms with E-state index in [0.29, 0.717) is 18.8 Å². The molecule has 1 aliphatic rings. The molecule has 126 valence electrons. The van der Waals surface area contributed by atoms with Gasteiger partial charge in [0.15, 0.2) is 5.79 Å². The zero-order chi connectivity index (χ0) is 16.9. The lowest BCUT2D eigenvalue weighted by atomic mass is 9.80. The average molecular weight is 323 g/mol. The van der Waals surface area contributed by atoms with Crippen molar-refractivity contribution in [3.8, 4) is 0 Å². The first kappa shape index (κ1) is 17.4. The number of ether oxygens (including phenoxy) is 3. The zero-order valence-electron chi connectivity index (χ0n) is 13.3. The van der Waals surface area contributed by atoms with Crippen LogP contribution in [0.1, 0.15) is 25.3 Å². The summed E-state index contributed by atoms with van der Waals surface area (Å²) in [4.78, 5) is 23.3. The second kappa shape index (κ2) is 7.52. The Morgan fingerprint density at radius 2 is 1.96 bits per heavy atom. The van der Waals surface area contributed by atoms with Gasteiger partial charge in [0.1, 0.15) is 5.92 Å². The third kappa shape index (κ3) is 4.05. The molecule has 1 aliphatic heterocycles. The Morgan fingerprint density at radius 3 is 2.48 bits per heavy atom. The van der Waals surface area contributed by atoms with Gasteiger partial charge in [-0.15, -0.1) is 0 Å². The molecular formula is C16H21NO6. The Bertz CT molecular complexity index is 541. The zero-order valence-corrected chi connectivity index (χ0v) is 13.3. The smallest absolute Gasteiger partial charge is 0.315 e. The molecule has 0 aromatic heterocycles. The molecule has 0 unspecified atom stereocenters. The minimum absolute atomic E-state index is 0.186. The summed E-state index contributed by atoms with van der Waals surface area (Å²) in [5, 5.41) is 11.2. The van der Waals surface area contributed by atoms with E-state index < -0.39 is 35.1 Å². The first-order valence-electron chi connectivity index (χ1n) is 7.59. The highest BCUT2D eigenvalue weighted by atomic mass is 16.7. The number of rotatable bonds is 7. The first-order valence-corrected chi connectivity index (χ1v) is 7.59. The normalized spacial score (nSPS) is 19.0. The molecule has 0 aliphatic carbocycles. The van der Waals surface area contributed by atoms with Gasteiger partial charge in [0.25, 0.3) is 0 Å². The maximum absolute atomic E-state index is 12.5. The molecule has 1 aromatic carbocycles. The molecule has 0 spiro atoms. The number of nitrogens with zero attached hydrogens (tertiary/aromatic N) is 1. The van der Waals surface area contributed by atoms with Crippen molar-refractivity contribution in [1.29, 1.82) is 0 Å². The topological polar surface area (TPSA) is 87.9 Å². The molecule has 1 saturated heterocycles. The van der Waals surface area contributed by atoms with Crippen molar-refractivity contribution in [2.75, 3.05) is 26.4 Å². The van der Waals surface area contributed by atoms with Crippen molar-refractivity contribution in [2.45, 2.75) is 25.6 Å². The molecular weight excluding hydrogens is 302 g/mol. The highest BCUT2D eigenvalue weighted by Crippen LogP contribution is 2.39. The van der Waals surface area contributed by atoms with Gasteiger partial charge < -0.3 is 14.2 Å².